The normalized spacial score (nSPS) is 10.6. The number of aryl methyl sites for hydroxylation is 1. The molecular weight excluding hydrogens is 384 g/mol. The number of thioether (sulfide) groups is 1. The summed E-state index contributed by atoms with van der Waals surface area (Å²) in [7, 11) is 1.65. The van der Waals surface area contributed by atoms with E-state index in [-0.39, 0.29) is 11.7 Å². The smallest absolute Gasteiger partial charge is 0.234 e. The minimum absolute atomic E-state index is 0.0749. The molecule has 0 saturated carbocycles. The molecule has 7 heteroatoms. The zero-order valence-electron chi connectivity index (χ0n) is 16.6. The zero-order valence-corrected chi connectivity index (χ0v) is 17.4. The van der Waals surface area contributed by atoms with E-state index in [2.05, 4.69) is 22.1 Å². The van der Waals surface area contributed by atoms with Gasteiger partial charge in [0.25, 0.3) is 0 Å². The number of anilines is 1. The summed E-state index contributed by atoms with van der Waals surface area (Å²) >= 11 is 1.37. The number of ether oxygens (including phenoxy) is 1. The summed E-state index contributed by atoms with van der Waals surface area (Å²) in [6, 6.07) is 15.6. The molecule has 0 radical (unpaired) electrons. The third-order valence-electron chi connectivity index (χ3n) is 4.38. The van der Waals surface area contributed by atoms with Crippen molar-refractivity contribution in [2.75, 3.05) is 18.2 Å². The van der Waals surface area contributed by atoms with Gasteiger partial charge in [-0.3, -0.25) is 4.79 Å². The average Bonchev–Trinajstić information content (AvgIpc) is 3.10. The quantitative estimate of drug-likeness (QED) is 0.426. The molecule has 150 valence electrons. The van der Waals surface area contributed by atoms with Crippen molar-refractivity contribution in [2.24, 2.45) is 0 Å². The van der Waals surface area contributed by atoms with Gasteiger partial charge in [-0.1, -0.05) is 48.2 Å². The van der Waals surface area contributed by atoms with Gasteiger partial charge in [0.2, 0.25) is 5.91 Å². The molecule has 1 heterocycles. The van der Waals surface area contributed by atoms with Gasteiger partial charge in [0.1, 0.15) is 11.6 Å². The van der Waals surface area contributed by atoms with Crippen molar-refractivity contribution in [1.29, 1.82) is 0 Å². The number of allylic oxidation sites excluding steroid dienone is 1. The number of benzene rings is 2. The van der Waals surface area contributed by atoms with Crippen molar-refractivity contribution in [3.63, 3.8) is 0 Å². The maximum atomic E-state index is 12.3. The van der Waals surface area contributed by atoms with Crippen LogP contribution in [0.3, 0.4) is 0 Å². The summed E-state index contributed by atoms with van der Waals surface area (Å²) in [5.74, 6) is 1.83. The Morgan fingerprint density at radius 1 is 1.21 bits per heavy atom. The van der Waals surface area contributed by atoms with Crippen molar-refractivity contribution in [3.8, 4) is 5.75 Å². The first-order valence-electron chi connectivity index (χ1n) is 9.25. The lowest BCUT2D eigenvalue weighted by molar-refractivity contribution is -0.113. The van der Waals surface area contributed by atoms with Crippen LogP contribution in [0.15, 0.2) is 66.3 Å². The van der Waals surface area contributed by atoms with E-state index >= 15 is 0 Å². The fourth-order valence-electron chi connectivity index (χ4n) is 2.82. The second kappa shape index (κ2) is 9.93. The summed E-state index contributed by atoms with van der Waals surface area (Å²) in [5.41, 5.74) is 2.96. The molecule has 0 bridgehead atoms. The Balaban J connectivity index is 1.66. The molecule has 29 heavy (non-hydrogen) atoms. The van der Waals surface area contributed by atoms with Gasteiger partial charge in [0.05, 0.1) is 12.9 Å². The SMILES string of the molecule is C=CCn1c(Cc2ccc(OC)cc2)nnc1SCC(=O)Nc1ccccc1C. The molecule has 1 N–H and O–H groups in total. The van der Waals surface area contributed by atoms with E-state index in [1.165, 1.54) is 11.8 Å². The fraction of sp³-hybridized carbons (Fsp3) is 0.227. The molecule has 0 atom stereocenters. The maximum absolute atomic E-state index is 12.3. The summed E-state index contributed by atoms with van der Waals surface area (Å²) in [5, 5.41) is 12.3. The predicted octanol–water partition coefficient (Wildman–Crippen LogP) is 4.10. The molecule has 0 aliphatic carbocycles. The van der Waals surface area contributed by atoms with E-state index in [1.54, 1.807) is 13.2 Å². The molecule has 1 aromatic heterocycles. The van der Waals surface area contributed by atoms with Gasteiger partial charge in [-0.2, -0.15) is 0 Å². The van der Waals surface area contributed by atoms with E-state index < -0.39 is 0 Å². The molecule has 3 aromatic rings. The average molecular weight is 409 g/mol. The van der Waals surface area contributed by atoms with E-state index in [0.717, 1.165) is 28.4 Å². The van der Waals surface area contributed by atoms with Crippen LogP contribution in [0.2, 0.25) is 0 Å². The van der Waals surface area contributed by atoms with Crippen LogP contribution in [-0.2, 0) is 17.8 Å². The van der Waals surface area contributed by atoms with Crippen molar-refractivity contribution < 1.29 is 9.53 Å². The Morgan fingerprint density at radius 3 is 2.66 bits per heavy atom. The van der Waals surface area contributed by atoms with Gasteiger partial charge in [0.15, 0.2) is 5.16 Å². The van der Waals surface area contributed by atoms with Crippen molar-refractivity contribution >= 4 is 23.4 Å². The number of methoxy groups -OCH3 is 1. The Bertz CT molecular complexity index is 983. The number of rotatable bonds is 9. The fourth-order valence-corrected chi connectivity index (χ4v) is 3.59. The molecule has 3 rings (SSSR count). The number of carbonyl (C=O) groups is 1. The van der Waals surface area contributed by atoms with Gasteiger partial charge >= 0.3 is 0 Å². The minimum atomic E-state index is -0.0749. The number of nitrogens with one attached hydrogen (secondary N) is 1. The van der Waals surface area contributed by atoms with Crippen LogP contribution in [0.5, 0.6) is 5.75 Å². The van der Waals surface area contributed by atoms with E-state index in [4.69, 9.17) is 4.74 Å². The molecule has 0 fully saturated rings. The van der Waals surface area contributed by atoms with Gasteiger partial charge in [-0.25, -0.2) is 0 Å². The summed E-state index contributed by atoms with van der Waals surface area (Å²) < 4.78 is 7.19. The van der Waals surface area contributed by atoms with Gasteiger partial charge in [-0.15, -0.1) is 16.8 Å². The molecule has 1 amide bonds. The van der Waals surface area contributed by atoms with Crippen LogP contribution in [0.1, 0.15) is 17.0 Å². The van der Waals surface area contributed by atoms with Gasteiger partial charge in [-0.05, 0) is 36.2 Å². The first kappa shape index (κ1) is 20.7. The number of nitrogens with zero attached hydrogens (tertiary/aromatic N) is 3. The van der Waals surface area contributed by atoms with E-state index in [9.17, 15) is 4.79 Å². The lowest BCUT2D eigenvalue weighted by atomic mass is 10.1. The molecule has 2 aromatic carbocycles. The van der Waals surface area contributed by atoms with Gasteiger partial charge < -0.3 is 14.6 Å². The number of aromatic nitrogens is 3. The van der Waals surface area contributed by atoms with E-state index in [0.29, 0.717) is 18.1 Å². The van der Waals surface area contributed by atoms with Crippen LogP contribution >= 0.6 is 11.8 Å². The highest BCUT2D eigenvalue weighted by Gasteiger charge is 2.14. The summed E-state index contributed by atoms with van der Waals surface area (Å²) in [6.45, 7) is 6.38. The molecule has 0 unspecified atom stereocenters. The zero-order chi connectivity index (χ0) is 20.6. The second-order valence-corrected chi connectivity index (χ2v) is 7.42. The standard InChI is InChI=1S/C22H24N4O2S/c1-4-13-26-20(14-17-9-11-18(28-3)12-10-17)24-25-22(26)29-15-21(27)23-19-8-6-5-7-16(19)2/h4-12H,1,13-15H2,2-3H3,(H,23,27). The van der Waals surface area contributed by atoms with Crippen LogP contribution in [0, 0.1) is 6.92 Å². The predicted molar refractivity (Wildman–Crippen MR) is 117 cm³/mol. The number of amides is 1. The highest BCUT2D eigenvalue weighted by molar-refractivity contribution is 7.99. The summed E-state index contributed by atoms with van der Waals surface area (Å²) in [6.07, 6.45) is 2.44. The largest absolute Gasteiger partial charge is 0.497 e. The third-order valence-corrected chi connectivity index (χ3v) is 5.34. The number of carbonyl (C=O) groups excluding carboxylic acids is 1. The minimum Gasteiger partial charge on any atom is -0.497 e. The van der Waals surface area contributed by atoms with Crippen LogP contribution < -0.4 is 10.1 Å². The van der Waals surface area contributed by atoms with E-state index in [1.807, 2.05) is 60.0 Å². The lowest BCUT2D eigenvalue weighted by Gasteiger charge is -2.09. The second-order valence-electron chi connectivity index (χ2n) is 6.47. The Morgan fingerprint density at radius 2 is 1.97 bits per heavy atom. The molecule has 0 saturated heterocycles. The maximum Gasteiger partial charge on any atom is 0.234 e. The Hall–Kier alpha value is -3.06. The van der Waals surface area contributed by atoms with Crippen molar-refractivity contribution in [3.05, 3.63) is 78.1 Å². The van der Waals surface area contributed by atoms with Crippen molar-refractivity contribution in [2.45, 2.75) is 25.0 Å². The topological polar surface area (TPSA) is 69.0 Å². The number of hydrogen-bond acceptors (Lipinski definition) is 5. The first-order chi connectivity index (χ1) is 14.1. The molecule has 0 spiro atoms. The molecule has 0 aliphatic rings. The highest BCUT2D eigenvalue weighted by Crippen LogP contribution is 2.21. The lowest BCUT2D eigenvalue weighted by Crippen LogP contribution is -2.15. The van der Waals surface area contributed by atoms with Crippen LogP contribution in [0.25, 0.3) is 0 Å². The molecule has 6 nitrogen and oxygen atoms in total. The van der Waals surface area contributed by atoms with Gasteiger partial charge in [0, 0.05) is 18.7 Å². The highest BCUT2D eigenvalue weighted by atomic mass is 32.2. The van der Waals surface area contributed by atoms with Crippen molar-refractivity contribution in [1.82, 2.24) is 14.8 Å². The first-order valence-corrected chi connectivity index (χ1v) is 10.2. The number of hydrogen-bond donors (Lipinski definition) is 1. The number of para-hydroxylation sites is 1. The Kier molecular flexibility index (Phi) is 7.08. The Labute approximate surface area is 175 Å². The monoisotopic (exact) mass is 408 g/mol. The van der Waals surface area contributed by atoms with Crippen LogP contribution in [-0.4, -0.2) is 33.5 Å². The molecular formula is C22H24N4O2S. The summed E-state index contributed by atoms with van der Waals surface area (Å²) in [4.78, 5) is 12.3. The molecule has 0 aliphatic heterocycles. The van der Waals surface area contributed by atoms with Crippen LogP contribution in [0.4, 0.5) is 5.69 Å². The third kappa shape index (κ3) is 5.48.